The molecule has 58 heavy (non-hydrogen) atoms. The van der Waals surface area contributed by atoms with Gasteiger partial charge in [0.2, 0.25) is 0 Å². The van der Waals surface area contributed by atoms with Gasteiger partial charge in [0.1, 0.15) is 0 Å². The van der Waals surface area contributed by atoms with E-state index < -0.39 is 0 Å². The topological polar surface area (TPSA) is 8.17 Å². The minimum absolute atomic E-state index is 1.12. The first-order valence-electron chi connectivity index (χ1n) is 20.0. The first-order valence-corrected chi connectivity index (χ1v) is 20.0. The molecule has 0 amide bonds. The lowest BCUT2D eigenvalue weighted by Gasteiger charge is -2.35. The molecule has 0 bridgehead atoms. The summed E-state index contributed by atoms with van der Waals surface area (Å²) in [6, 6.07) is 79.9. The molecule has 10 aromatic carbocycles. The van der Waals surface area contributed by atoms with Crippen LogP contribution in [0.3, 0.4) is 0 Å². The number of para-hydroxylation sites is 2. The van der Waals surface area contributed by atoms with Gasteiger partial charge in [0.15, 0.2) is 0 Å². The molecule has 0 fully saturated rings. The maximum absolute atomic E-state index is 2.48. The summed E-state index contributed by atoms with van der Waals surface area (Å²) in [7, 11) is 0. The van der Waals surface area contributed by atoms with Crippen molar-refractivity contribution in [2.45, 2.75) is 0 Å². The third-order valence-electron chi connectivity index (χ3n) is 12.1. The maximum atomic E-state index is 2.48. The molecule has 0 saturated heterocycles. The molecule has 1 aliphatic rings. The molecule has 0 unspecified atom stereocenters. The summed E-state index contributed by atoms with van der Waals surface area (Å²) in [5.41, 5.74) is 17.1. The van der Waals surface area contributed by atoms with Crippen molar-refractivity contribution in [1.82, 2.24) is 4.57 Å². The van der Waals surface area contributed by atoms with Crippen LogP contribution < -0.4 is 4.90 Å². The van der Waals surface area contributed by atoms with Gasteiger partial charge in [0.05, 0.1) is 16.7 Å². The van der Waals surface area contributed by atoms with Crippen LogP contribution in [-0.4, -0.2) is 4.57 Å². The van der Waals surface area contributed by atoms with Gasteiger partial charge >= 0.3 is 0 Å². The standard InChI is InChI=1S/C56H36N2/c1-3-13-37(14-4-1)38-23-28-45(29-24-38)57(56-47-20-10-9-17-43(47)36-52-49-33-40-15-7-8-16-41(40)35-51(49)55(52)56)46-30-25-39(26-31-46)42-27-32-54-50(34-42)48-21-11-12-22-53(48)58(54)44-18-5-2-6-19-44/h1-36H. The fourth-order valence-corrected chi connectivity index (χ4v) is 9.30. The van der Waals surface area contributed by atoms with E-state index in [1.165, 1.54) is 99.2 Å². The van der Waals surface area contributed by atoms with Crippen molar-refractivity contribution in [2.75, 3.05) is 4.90 Å². The van der Waals surface area contributed by atoms with Crippen molar-refractivity contribution in [1.29, 1.82) is 0 Å². The second-order valence-electron chi connectivity index (χ2n) is 15.3. The maximum Gasteiger partial charge on any atom is 0.0624 e. The van der Waals surface area contributed by atoms with Gasteiger partial charge in [0, 0.05) is 38.8 Å². The van der Waals surface area contributed by atoms with Crippen LogP contribution in [0.5, 0.6) is 0 Å². The molecule has 0 atom stereocenters. The van der Waals surface area contributed by atoms with Crippen molar-refractivity contribution < 1.29 is 0 Å². The van der Waals surface area contributed by atoms with Gasteiger partial charge in [-0.15, -0.1) is 0 Å². The number of aromatic nitrogens is 1. The fourth-order valence-electron chi connectivity index (χ4n) is 9.30. The summed E-state index contributed by atoms with van der Waals surface area (Å²) in [5.74, 6) is 0. The smallest absolute Gasteiger partial charge is 0.0624 e. The summed E-state index contributed by atoms with van der Waals surface area (Å²) in [5, 5.41) is 7.51. The zero-order valence-corrected chi connectivity index (χ0v) is 31.7. The number of hydrogen-bond donors (Lipinski definition) is 0. The third kappa shape index (κ3) is 5.05. The molecule has 0 saturated carbocycles. The van der Waals surface area contributed by atoms with Gasteiger partial charge in [-0.25, -0.2) is 0 Å². The van der Waals surface area contributed by atoms with Gasteiger partial charge in [-0.2, -0.15) is 0 Å². The minimum Gasteiger partial charge on any atom is -0.309 e. The van der Waals surface area contributed by atoms with Crippen LogP contribution in [0.1, 0.15) is 0 Å². The highest BCUT2D eigenvalue weighted by Crippen LogP contribution is 2.58. The Bertz CT molecular complexity index is 3360. The second kappa shape index (κ2) is 12.9. The Morgan fingerprint density at radius 3 is 1.52 bits per heavy atom. The number of anilines is 3. The number of benzene rings is 10. The van der Waals surface area contributed by atoms with E-state index in [1.807, 2.05) is 0 Å². The Kier molecular flexibility index (Phi) is 7.26. The normalized spacial score (nSPS) is 11.8. The van der Waals surface area contributed by atoms with E-state index in [1.54, 1.807) is 0 Å². The van der Waals surface area contributed by atoms with Gasteiger partial charge < -0.3 is 9.47 Å². The molecule has 11 aromatic rings. The van der Waals surface area contributed by atoms with E-state index in [0.717, 1.165) is 11.4 Å². The molecular formula is C56H36N2. The van der Waals surface area contributed by atoms with Crippen LogP contribution in [0, 0.1) is 0 Å². The van der Waals surface area contributed by atoms with Crippen LogP contribution >= 0.6 is 0 Å². The van der Waals surface area contributed by atoms with Crippen LogP contribution in [0.25, 0.3) is 93.5 Å². The van der Waals surface area contributed by atoms with E-state index in [2.05, 4.69) is 228 Å². The Morgan fingerprint density at radius 2 is 0.810 bits per heavy atom. The first-order chi connectivity index (χ1) is 28.8. The summed E-state index contributed by atoms with van der Waals surface area (Å²) < 4.78 is 2.37. The molecule has 1 aliphatic carbocycles. The number of nitrogens with zero attached hydrogens (tertiary/aromatic N) is 2. The molecular weight excluding hydrogens is 701 g/mol. The SMILES string of the molecule is c1ccc(-c2ccc(N(c3ccc(-c4ccc5c(c4)c4ccccc4n5-c4ccccc4)cc3)c3c4c(cc5ccccc35)-c3cc5ccccc5cc3-4)cc2)cc1. The zero-order chi connectivity index (χ0) is 38.2. The number of hydrogen-bond acceptors (Lipinski definition) is 1. The summed E-state index contributed by atoms with van der Waals surface area (Å²) in [6.45, 7) is 0. The molecule has 1 aromatic heterocycles. The molecule has 0 aliphatic heterocycles. The Balaban J connectivity index is 1.03. The lowest BCUT2D eigenvalue weighted by atomic mass is 9.76. The zero-order valence-electron chi connectivity index (χ0n) is 31.7. The van der Waals surface area contributed by atoms with E-state index >= 15 is 0 Å². The van der Waals surface area contributed by atoms with E-state index in [0.29, 0.717) is 0 Å². The minimum atomic E-state index is 1.12. The monoisotopic (exact) mass is 736 g/mol. The van der Waals surface area contributed by atoms with Crippen LogP contribution in [0.4, 0.5) is 17.1 Å². The van der Waals surface area contributed by atoms with E-state index in [-0.39, 0.29) is 0 Å². The molecule has 1 heterocycles. The van der Waals surface area contributed by atoms with Crippen molar-refractivity contribution in [3.8, 4) is 50.2 Å². The highest BCUT2D eigenvalue weighted by Gasteiger charge is 2.31. The second-order valence-corrected chi connectivity index (χ2v) is 15.3. The van der Waals surface area contributed by atoms with Gasteiger partial charge in [-0.05, 0) is 128 Å². The largest absolute Gasteiger partial charge is 0.309 e. The number of rotatable bonds is 6. The Labute approximate surface area is 337 Å². The quantitative estimate of drug-likeness (QED) is 0.165. The molecule has 0 spiro atoms. The molecule has 0 radical (unpaired) electrons. The van der Waals surface area contributed by atoms with Crippen molar-refractivity contribution in [2.24, 2.45) is 0 Å². The predicted octanol–water partition coefficient (Wildman–Crippen LogP) is 15.5. The van der Waals surface area contributed by atoms with E-state index in [9.17, 15) is 0 Å². The highest BCUT2D eigenvalue weighted by atomic mass is 15.1. The molecule has 12 rings (SSSR count). The number of fused-ring (bicyclic) bond motifs is 9. The fraction of sp³-hybridized carbons (Fsp3) is 0. The summed E-state index contributed by atoms with van der Waals surface area (Å²) in [6.07, 6.45) is 0. The summed E-state index contributed by atoms with van der Waals surface area (Å²) >= 11 is 0. The van der Waals surface area contributed by atoms with Gasteiger partial charge in [-0.3, -0.25) is 0 Å². The molecule has 2 heteroatoms. The lowest BCUT2D eigenvalue weighted by Crippen LogP contribution is -2.15. The molecule has 0 N–H and O–H groups in total. The molecule has 2 nitrogen and oxygen atoms in total. The van der Waals surface area contributed by atoms with Crippen molar-refractivity contribution in [3.63, 3.8) is 0 Å². The average Bonchev–Trinajstić information content (AvgIpc) is 3.63. The average molecular weight is 737 g/mol. The Hall–Kier alpha value is -7.68. The van der Waals surface area contributed by atoms with Crippen LogP contribution in [-0.2, 0) is 0 Å². The Morgan fingerprint density at radius 1 is 0.310 bits per heavy atom. The van der Waals surface area contributed by atoms with Crippen molar-refractivity contribution >= 4 is 60.4 Å². The van der Waals surface area contributed by atoms with Gasteiger partial charge in [-0.1, -0.05) is 146 Å². The predicted molar refractivity (Wildman–Crippen MR) is 246 cm³/mol. The summed E-state index contributed by atoms with van der Waals surface area (Å²) in [4.78, 5) is 2.48. The van der Waals surface area contributed by atoms with Crippen LogP contribution in [0.15, 0.2) is 218 Å². The molecule has 270 valence electrons. The van der Waals surface area contributed by atoms with Crippen molar-refractivity contribution in [3.05, 3.63) is 218 Å². The first kappa shape index (κ1) is 32.6. The van der Waals surface area contributed by atoms with Crippen LogP contribution in [0.2, 0.25) is 0 Å². The third-order valence-corrected chi connectivity index (χ3v) is 12.1. The van der Waals surface area contributed by atoms with Gasteiger partial charge in [0.25, 0.3) is 0 Å². The lowest BCUT2D eigenvalue weighted by molar-refractivity contribution is 1.18. The van der Waals surface area contributed by atoms with E-state index in [4.69, 9.17) is 0 Å². The highest BCUT2D eigenvalue weighted by molar-refractivity contribution is 6.20.